The molecule has 27 heavy (non-hydrogen) atoms. The molecule has 0 rings (SSSR count). The molecule has 164 valence electrons. The third-order valence-electron chi connectivity index (χ3n) is 3.76. The lowest BCUT2D eigenvalue weighted by atomic mass is 11.8. The second kappa shape index (κ2) is 8.95. The van der Waals surface area contributed by atoms with Gasteiger partial charge >= 0.3 is 0 Å². The van der Waals surface area contributed by atoms with Crippen LogP contribution in [0.15, 0.2) is 4.85 Å². The van der Waals surface area contributed by atoms with Crippen molar-refractivity contribution in [3.05, 3.63) is 0 Å². The van der Waals surface area contributed by atoms with Crippen LogP contribution in [0.2, 0.25) is 98.2 Å². The van der Waals surface area contributed by atoms with Crippen LogP contribution in [-0.2, 0) is 0 Å². The number of halogens is 2. The van der Waals surface area contributed by atoms with E-state index in [1.165, 1.54) is 0 Å². The van der Waals surface area contributed by atoms with E-state index < -0.39 is 45.8 Å². The lowest BCUT2D eigenvalue weighted by Crippen LogP contribution is -2.69. The van der Waals surface area contributed by atoms with Gasteiger partial charge in [-0.3, -0.25) is 4.34 Å². The van der Waals surface area contributed by atoms with E-state index in [1.807, 2.05) is 0 Å². The van der Waals surface area contributed by atoms with Crippen LogP contribution < -0.4 is 0 Å². The van der Waals surface area contributed by atoms with Crippen molar-refractivity contribution in [2.75, 3.05) is 0 Å². The Kier molecular flexibility index (Phi) is 9.67. The minimum atomic E-state index is -2.04. The monoisotopic (exact) mass is 610 g/mol. The number of nitrogens with zero attached hydrogens (tertiary/aromatic N) is 4. The van der Waals surface area contributed by atoms with Crippen molar-refractivity contribution in [2.45, 2.75) is 98.2 Å². The predicted octanol–water partition coefficient (Wildman–Crippen LogP) is 8.63. The number of rotatable bonds is 8. The first-order valence-corrected chi connectivity index (χ1v) is 32.7. The third kappa shape index (κ3) is 8.66. The van der Waals surface area contributed by atoms with Crippen LogP contribution in [0.3, 0.4) is 0 Å². The summed E-state index contributed by atoms with van der Waals surface area (Å²) < 4.78 is 6.12. The van der Waals surface area contributed by atoms with Crippen LogP contribution in [0.4, 0.5) is 0 Å². The lowest BCUT2D eigenvalue weighted by Gasteiger charge is -2.56. The van der Waals surface area contributed by atoms with Crippen LogP contribution in [0.1, 0.15) is 0 Å². The Labute approximate surface area is 191 Å². The third-order valence-corrected chi connectivity index (χ3v) is 28.1. The van der Waals surface area contributed by atoms with Crippen LogP contribution in [0.25, 0.3) is 0 Å². The van der Waals surface area contributed by atoms with Crippen molar-refractivity contribution in [2.24, 2.45) is 4.85 Å². The molecular formula is C15H45Br2N4PSi5. The largest absolute Gasteiger partial charge is 0.284 e. The molecule has 0 spiro atoms. The fourth-order valence-electron chi connectivity index (χ4n) is 3.76. The second-order valence-electron chi connectivity index (χ2n) is 12.3. The van der Waals surface area contributed by atoms with Gasteiger partial charge in [0.05, 0.1) is 0 Å². The van der Waals surface area contributed by atoms with Crippen molar-refractivity contribution in [3.63, 3.8) is 0 Å². The molecule has 12 heteroatoms. The normalized spacial score (nSPS) is 15.9. The van der Waals surface area contributed by atoms with Crippen molar-refractivity contribution in [3.8, 4) is 0 Å². The van der Waals surface area contributed by atoms with Gasteiger partial charge < -0.3 is 0 Å². The van der Waals surface area contributed by atoms with E-state index in [0.717, 1.165) is 0 Å². The first kappa shape index (κ1) is 29.2. The van der Waals surface area contributed by atoms with E-state index >= 15 is 0 Å². The zero-order chi connectivity index (χ0) is 22.4. The molecule has 0 fully saturated rings. The van der Waals surface area contributed by atoms with Gasteiger partial charge in [-0.05, 0) is 31.0 Å². The fourth-order valence-corrected chi connectivity index (χ4v) is 47.4. The van der Waals surface area contributed by atoms with Crippen molar-refractivity contribution in [1.82, 2.24) is 13.1 Å². The van der Waals surface area contributed by atoms with E-state index in [4.69, 9.17) is 4.85 Å². The second-order valence-corrected chi connectivity index (χ2v) is 47.7. The van der Waals surface area contributed by atoms with Crippen LogP contribution in [-0.4, -0.2) is 54.3 Å². The zero-order valence-corrected chi connectivity index (χ0v) is 29.6. The van der Waals surface area contributed by atoms with Crippen LogP contribution in [0, 0.1) is 0 Å². The Hall–Kier alpha value is 2.15. The molecule has 0 aromatic heterocycles. The summed E-state index contributed by atoms with van der Waals surface area (Å²) in [7, 11) is -8.00. The quantitative estimate of drug-likeness (QED) is 0.156. The Morgan fingerprint density at radius 3 is 1.00 bits per heavy atom. The summed E-state index contributed by atoms with van der Waals surface area (Å²) in [6, 6.07) is 0. The molecule has 0 bridgehead atoms. The van der Waals surface area contributed by atoms with Gasteiger partial charge in [0, 0.05) is 0 Å². The highest BCUT2D eigenvalue weighted by Gasteiger charge is 2.49. The van der Waals surface area contributed by atoms with Gasteiger partial charge in [-0.1, -0.05) is 98.2 Å². The maximum absolute atomic E-state index is 5.53. The topological polar surface area (TPSA) is 22.1 Å². The number of hydrogen-bond acceptors (Lipinski definition) is 2. The van der Waals surface area contributed by atoms with Crippen molar-refractivity contribution in [1.29, 1.82) is 0 Å². The number of hydrazine groups is 1. The molecule has 0 amide bonds. The Morgan fingerprint density at radius 1 is 0.519 bits per heavy atom. The SMILES string of the molecule is C[Si](C)(C)N(N=P(Br)(Br)N(N([Si](C)(C)C)[Si](C)(C)C)[Si](C)(C)C)[Si](C)(C)C. The molecule has 0 saturated carbocycles. The summed E-state index contributed by atoms with van der Waals surface area (Å²) in [5, 5.41) is 0. The number of hydrogen-bond donors (Lipinski definition) is 0. The van der Waals surface area contributed by atoms with Gasteiger partial charge in [0.1, 0.15) is 41.2 Å². The molecule has 0 aliphatic rings. The Bertz CT molecular complexity index is 537. The lowest BCUT2D eigenvalue weighted by molar-refractivity contribution is 0.385. The summed E-state index contributed by atoms with van der Waals surface area (Å²) in [5.41, 5.74) is 0. The summed E-state index contributed by atoms with van der Waals surface area (Å²) >= 11 is 8.37. The summed E-state index contributed by atoms with van der Waals surface area (Å²) in [6.45, 7) is 36.8. The fraction of sp³-hybridized carbons (Fsp3) is 1.00. The maximum atomic E-state index is 5.53. The predicted molar refractivity (Wildman–Crippen MR) is 149 cm³/mol. The summed E-state index contributed by atoms with van der Waals surface area (Å²) in [6.07, 6.45) is 0. The standard InChI is InChI=1S/C15H45Br2N4PSi5/c1-23(2,3)19(24(4,5)6)18-22(16,17)20(25(7,8)9)21(26(10,11)12)27(13,14)15/h1-15H3. The van der Waals surface area contributed by atoms with E-state index in [9.17, 15) is 0 Å². The summed E-state index contributed by atoms with van der Waals surface area (Å²) in [5.74, 6) is 0. The van der Waals surface area contributed by atoms with E-state index in [0.29, 0.717) is 0 Å². The van der Waals surface area contributed by atoms with Gasteiger partial charge in [-0.2, -0.15) is 4.85 Å². The van der Waals surface area contributed by atoms with Crippen molar-refractivity contribution >= 4 is 76.8 Å². The molecule has 0 aromatic carbocycles. The molecule has 0 heterocycles. The van der Waals surface area contributed by atoms with Crippen molar-refractivity contribution < 1.29 is 0 Å². The maximum Gasteiger partial charge on any atom is 0.180 e. The zero-order valence-electron chi connectivity index (χ0n) is 20.5. The minimum absolute atomic E-state index is 1.57. The summed E-state index contributed by atoms with van der Waals surface area (Å²) in [4.78, 5) is 5.53. The Balaban J connectivity index is 6.86. The van der Waals surface area contributed by atoms with Gasteiger partial charge in [-0.25, -0.2) is 8.79 Å². The molecule has 0 aliphatic carbocycles. The average Bonchev–Trinajstić information content (AvgIpc) is 2.25. The van der Waals surface area contributed by atoms with Crippen LogP contribution in [0.5, 0.6) is 0 Å². The first-order chi connectivity index (χ1) is 11.3. The molecule has 0 aliphatic heterocycles. The highest BCUT2D eigenvalue weighted by molar-refractivity contribution is 9.70. The minimum Gasteiger partial charge on any atom is -0.284 e. The molecule has 0 unspecified atom stereocenters. The smallest absolute Gasteiger partial charge is 0.180 e. The van der Waals surface area contributed by atoms with E-state index in [2.05, 4.69) is 142 Å². The van der Waals surface area contributed by atoms with E-state index in [-0.39, 0.29) is 0 Å². The van der Waals surface area contributed by atoms with Crippen LogP contribution >= 0.6 is 35.6 Å². The Morgan fingerprint density at radius 2 is 0.815 bits per heavy atom. The average molecular weight is 613 g/mol. The van der Waals surface area contributed by atoms with Gasteiger partial charge in [0.15, 0.2) is 4.61 Å². The van der Waals surface area contributed by atoms with Gasteiger partial charge in [-0.15, -0.1) is 0 Å². The molecule has 4 nitrogen and oxygen atoms in total. The molecule has 0 saturated heterocycles. The molecular weight excluding hydrogens is 567 g/mol. The van der Waals surface area contributed by atoms with Gasteiger partial charge in [0.2, 0.25) is 0 Å². The molecule has 0 N–H and O–H groups in total. The molecule has 0 radical (unpaired) electrons. The highest BCUT2D eigenvalue weighted by Crippen LogP contribution is 2.71. The highest BCUT2D eigenvalue weighted by atomic mass is 79.9. The molecule has 0 atom stereocenters. The molecule has 0 aromatic rings. The van der Waals surface area contributed by atoms with E-state index in [1.54, 1.807) is 0 Å². The first-order valence-electron chi connectivity index (χ1n) is 9.76. The van der Waals surface area contributed by atoms with Gasteiger partial charge in [0.25, 0.3) is 0 Å².